The van der Waals surface area contributed by atoms with Crippen molar-refractivity contribution in [3.63, 3.8) is 0 Å². The summed E-state index contributed by atoms with van der Waals surface area (Å²) in [6.07, 6.45) is 0. The number of aromatic nitrogens is 1. The van der Waals surface area contributed by atoms with Crippen molar-refractivity contribution in [3.05, 3.63) is 75.1 Å². The van der Waals surface area contributed by atoms with Crippen molar-refractivity contribution >= 4 is 23.1 Å². The highest BCUT2D eigenvalue weighted by atomic mass is 16.7. The first kappa shape index (κ1) is 23.8. The van der Waals surface area contributed by atoms with E-state index in [1.165, 1.54) is 12.1 Å². The summed E-state index contributed by atoms with van der Waals surface area (Å²) in [5.74, 6) is -0.0615. The molecule has 0 fully saturated rings. The van der Waals surface area contributed by atoms with Gasteiger partial charge < -0.3 is 29.2 Å². The van der Waals surface area contributed by atoms with E-state index >= 15 is 0 Å². The quantitative estimate of drug-likeness (QED) is 0.204. The molecular weight excluding hydrogens is 458 g/mol. The molecular formula is C24H23N3O8. The smallest absolute Gasteiger partial charge is 0.340 e. The van der Waals surface area contributed by atoms with Gasteiger partial charge in [-0.05, 0) is 38.1 Å². The zero-order chi connectivity index (χ0) is 25.1. The van der Waals surface area contributed by atoms with Gasteiger partial charge in [0, 0.05) is 53.1 Å². The first-order valence-corrected chi connectivity index (χ1v) is 10.7. The van der Waals surface area contributed by atoms with E-state index in [1.807, 2.05) is 23.6 Å². The van der Waals surface area contributed by atoms with E-state index in [2.05, 4.69) is 5.32 Å². The van der Waals surface area contributed by atoms with E-state index < -0.39 is 23.3 Å². The number of carbonyl (C=O) groups excluding carboxylic acids is 2. The van der Waals surface area contributed by atoms with E-state index in [1.54, 1.807) is 19.1 Å². The molecule has 0 spiro atoms. The summed E-state index contributed by atoms with van der Waals surface area (Å²) in [4.78, 5) is 36.1. The number of ether oxygens (including phenoxy) is 3. The average Bonchev–Trinajstić information content (AvgIpc) is 3.43. The molecule has 182 valence electrons. The van der Waals surface area contributed by atoms with Crippen molar-refractivity contribution in [3.8, 4) is 17.2 Å². The predicted molar refractivity (Wildman–Crippen MR) is 125 cm³/mol. The van der Waals surface area contributed by atoms with Crippen LogP contribution in [0.3, 0.4) is 0 Å². The summed E-state index contributed by atoms with van der Waals surface area (Å²) < 4.78 is 17.9. The van der Waals surface area contributed by atoms with Gasteiger partial charge in [-0.2, -0.15) is 0 Å². The molecule has 0 unspecified atom stereocenters. The fourth-order valence-corrected chi connectivity index (χ4v) is 3.91. The molecule has 2 heterocycles. The molecule has 0 bridgehead atoms. The molecule has 11 nitrogen and oxygen atoms in total. The van der Waals surface area contributed by atoms with E-state index in [0.29, 0.717) is 22.8 Å². The Morgan fingerprint density at radius 2 is 1.89 bits per heavy atom. The average molecular weight is 481 g/mol. The fraction of sp³-hybridized carbons (Fsp3) is 0.250. The third kappa shape index (κ3) is 4.80. The van der Waals surface area contributed by atoms with Crippen molar-refractivity contribution < 1.29 is 33.8 Å². The molecule has 35 heavy (non-hydrogen) atoms. The summed E-state index contributed by atoms with van der Waals surface area (Å²) in [5.41, 5.74) is 2.47. The molecule has 0 aliphatic carbocycles. The van der Waals surface area contributed by atoms with Gasteiger partial charge >= 0.3 is 5.97 Å². The van der Waals surface area contributed by atoms with Crippen LogP contribution in [0.25, 0.3) is 5.69 Å². The van der Waals surface area contributed by atoms with Crippen molar-refractivity contribution in [2.75, 3.05) is 31.9 Å². The van der Waals surface area contributed by atoms with Gasteiger partial charge in [0.15, 0.2) is 18.1 Å². The Hall–Kier alpha value is -4.38. The number of fused-ring (bicyclic) bond motifs is 1. The molecule has 2 N–H and O–H groups in total. The number of nitrogens with zero attached hydrogens (tertiary/aromatic N) is 2. The van der Waals surface area contributed by atoms with Crippen LogP contribution in [-0.4, -0.2) is 52.9 Å². The molecule has 0 radical (unpaired) electrons. The molecule has 3 aromatic rings. The lowest BCUT2D eigenvalue weighted by molar-refractivity contribution is -0.384. The van der Waals surface area contributed by atoms with E-state index in [4.69, 9.17) is 19.3 Å². The summed E-state index contributed by atoms with van der Waals surface area (Å²) >= 11 is 0. The molecule has 0 saturated carbocycles. The maximum Gasteiger partial charge on any atom is 0.340 e. The number of aliphatic hydroxyl groups is 1. The molecule has 4 rings (SSSR count). The third-order valence-electron chi connectivity index (χ3n) is 5.54. The number of anilines is 1. The molecule has 1 aromatic heterocycles. The minimum Gasteiger partial charge on any atom is -0.454 e. The van der Waals surface area contributed by atoms with Gasteiger partial charge in [-0.3, -0.25) is 14.9 Å². The highest BCUT2D eigenvalue weighted by Gasteiger charge is 2.22. The Morgan fingerprint density at radius 1 is 1.11 bits per heavy atom. The summed E-state index contributed by atoms with van der Waals surface area (Å²) in [6, 6.07) is 10.8. The highest BCUT2D eigenvalue weighted by molar-refractivity contribution is 6.02. The number of benzene rings is 2. The van der Waals surface area contributed by atoms with E-state index in [9.17, 15) is 19.7 Å². The number of Topliss-reactive ketones (excluding diaryl/α,β-unsaturated/α-hetero) is 1. The number of aryl methyl sites for hydroxylation is 1. The number of aliphatic hydroxyl groups excluding tert-OH is 1. The predicted octanol–water partition coefficient (Wildman–Crippen LogP) is 3.17. The standard InChI is InChI=1S/C24H23N3O8/c1-14-9-18(15(2)26(14)16-4-6-22-23(11-16)35-13-34-22)21(29)12-33-24(30)19-10-17(27(31)32)3-5-20(19)25-7-8-28/h3-6,9-11,25,28H,7-8,12-13H2,1-2H3. The lowest BCUT2D eigenvalue weighted by Crippen LogP contribution is -2.17. The van der Waals surface area contributed by atoms with Gasteiger partial charge in [-0.25, -0.2) is 4.79 Å². The second-order valence-corrected chi connectivity index (χ2v) is 7.79. The summed E-state index contributed by atoms with van der Waals surface area (Å²) in [5, 5.41) is 23.0. The summed E-state index contributed by atoms with van der Waals surface area (Å²) in [7, 11) is 0. The number of ketones is 1. The van der Waals surface area contributed by atoms with Crippen molar-refractivity contribution in [2.24, 2.45) is 0 Å². The number of nitro groups is 1. The summed E-state index contributed by atoms with van der Waals surface area (Å²) in [6.45, 7) is 3.16. The van der Waals surface area contributed by atoms with Crippen LogP contribution in [0.15, 0.2) is 42.5 Å². The van der Waals surface area contributed by atoms with Crippen LogP contribution in [0.1, 0.15) is 32.1 Å². The zero-order valence-corrected chi connectivity index (χ0v) is 19.1. The van der Waals surface area contributed by atoms with E-state index in [-0.39, 0.29) is 36.9 Å². The number of esters is 1. The van der Waals surface area contributed by atoms with Gasteiger partial charge in [0.2, 0.25) is 12.6 Å². The number of rotatable bonds is 9. The van der Waals surface area contributed by atoms with Crippen molar-refractivity contribution in [1.82, 2.24) is 4.57 Å². The minimum absolute atomic E-state index is 0.105. The van der Waals surface area contributed by atoms with Crippen LogP contribution in [-0.2, 0) is 4.74 Å². The maximum atomic E-state index is 12.9. The van der Waals surface area contributed by atoms with Crippen LogP contribution in [0.4, 0.5) is 11.4 Å². The lowest BCUT2D eigenvalue weighted by Gasteiger charge is -2.12. The van der Waals surface area contributed by atoms with Gasteiger partial charge in [-0.15, -0.1) is 0 Å². The largest absolute Gasteiger partial charge is 0.454 e. The zero-order valence-electron chi connectivity index (χ0n) is 19.1. The molecule has 0 saturated heterocycles. The number of hydrogen-bond acceptors (Lipinski definition) is 9. The first-order valence-electron chi connectivity index (χ1n) is 10.7. The van der Waals surface area contributed by atoms with Crippen LogP contribution in [0, 0.1) is 24.0 Å². The number of nitro benzene ring substituents is 1. The maximum absolute atomic E-state index is 12.9. The molecule has 1 aliphatic heterocycles. The molecule has 11 heteroatoms. The Labute approximate surface area is 200 Å². The SMILES string of the molecule is Cc1cc(C(=O)COC(=O)c2cc([N+](=O)[O-])ccc2NCCO)c(C)n1-c1ccc2c(c1)OCO2. The van der Waals surface area contributed by atoms with Crippen LogP contribution >= 0.6 is 0 Å². The topological polar surface area (TPSA) is 142 Å². The normalized spacial score (nSPS) is 11.9. The van der Waals surface area contributed by atoms with Crippen LogP contribution in [0.5, 0.6) is 11.5 Å². The minimum atomic E-state index is -0.896. The second kappa shape index (κ2) is 9.85. The number of nitrogens with one attached hydrogen (secondary N) is 1. The van der Waals surface area contributed by atoms with Gasteiger partial charge in [0.05, 0.1) is 17.1 Å². The Bertz CT molecular complexity index is 1310. The number of non-ortho nitro benzene ring substituents is 1. The van der Waals surface area contributed by atoms with Crippen molar-refractivity contribution in [2.45, 2.75) is 13.8 Å². The van der Waals surface area contributed by atoms with Gasteiger partial charge in [0.25, 0.3) is 5.69 Å². The Morgan fingerprint density at radius 3 is 2.63 bits per heavy atom. The molecule has 1 aliphatic rings. The first-order chi connectivity index (χ1) is 16.8. The highest BCUT2D eigenvalue weighted by Crippen LogP contribution is 2.35. The number of hydrogen-bond donors (Lipinski definition) is 2. The molecule has 2 aromatic carbocycles. The Kier molecular flexibility index (Phi) is 6.69. The number of carbonyl (C=O) groups is 2. The van der Waals surface area contributed by atoms with E-state index in [0.717, 1.165) is 17.4 Å². The molecule has 0 amide bonds. The fourth-order valence-electron chi connectivity index (χ4n) is 3.91. The van der Waals surface area contributed by atoms with Crippen molar-refractivity contribution in [1.29, 1.82) is 0 Å². The van der Waals surface area contributed by atoms with Crippen LogP contribution < -0.4 is 14.8 Å². The lowest BCUT2D eigenvalue weighted by atomic mass is 10.1. The second-order valence-electron chi connectivity index (χ2n) is 7.79. The van der Waals surface area contributed by atoms with Gasteiger partial charge in [0.1, 0.15) is 0 Å². The Balaban J connectivity index is 1.52. The molecule has 0 atom stereocenters. The van der Waals surface area contributed by atoms with Crippen LogP contribution in [0.2, 0.25) is 0 Å². The van der Waals surface area contributed by atoms with Gasteiger partial charge in [-0.1, -0.05) is 0 Å². The third-order valence-corrected chi connectivity index (χ3v) is 5.54. The monoisotopic (exact) mass is 481 g/mol.